The molecule has 0 bridgehead atoms. The number of rotatable bonds is 3. The number of tetrazole rings is 1. The third-order valence-corrected chi connectivity index (χ3v) is 2.12. The van der Waals surface area contributed by atoms with Crippen molar-refractivity contribution in [1.82, 2.24) is 30.8 Å². The fourth-order valence-electron chi connectivity index (χ4n) is 1.45. The van der Waals surface area contributed by atoms with Crippen LogP contribution in [0.3, 0.4) is 0 Å². The second-order valence-corrected chi connectivity index (χ2v) is 3.26. The SMILES string of the molecule is O=C(Cn1cnnn1)NC1CCNC1. The summed E-state index contributed by atoms with van der Waals surface area (Å²) in [5.41, 5.74) is 0. The van der Waals surface area contributed by atoms with Gasteiger partial charge < -0.3 is 10.6 Å². The van der Waals surface area contributed by atoms with Crippen molar-refractivity contribution in [2.45, 2.75) is 19.0 Å². The highest BCUT2D eigenvalue weighted by atomic mass is 16.2. The largest absolute Gasteiger partial charge is 0.350 e. The molecule has 0 spiro atoms. The van der Waals surface area contributed by atoms with Crippen LogP contribution in [-0.4, -0.2) is 45.2 Å². The molecule has 1 amide bonds. The van der Waals surface area contributed by atoms with Crippen LogP contribution < -0.4 is 10.6 Å². The zero-order valence-electron chi connectivity index (χ0n) is 7.68. The Balaban J connectivity index is 1.78. The summed E-state index contributed by atoms with van der Waals surface area (Å²) in [4.78, 5) is 11.4. The maximum Gasteiger partial charge on any atom is 0.242 e. The van der Waals surface area contributed by atoms with Gasteiger partial charge in [0.25, 0.3) is 0 Å². The van der Waals surface area contributed by atoms with Crippen molar-refractivity contribution < 1.29 is 4.79 Å². The minimum absolute atomic E-state index is 0.0500. The molecular formula is C7H12N6O. The monoisotopic (exact) mass is 196 g/mol. The van der Waals surface area contributed by atoms with Crippen molar-refractivity contribution in [1.29, 1.82) is 0 Å². The van der Waals surface area contributed by atoms with Crippen LogP contribution in [0.5, 0.6) is 0 Å². The van der Waals surface area contributed by atoms with E-state index in [4.69, 9.17) is 0 Å². The second kappa shape index (κ2) is 4.14. The van der Waals surface area contributed by atoms with Gasteiger partial charge in [0.2, 0.25) is 5.91 Å². The Morgan fingerprint density at radius 3 is 3.29 bits per heavy atom. The summed E-state index contributed by atoms with van der Waals surface area (Å²) in [6.45, 7) is 2.00. The summed E-state index contributed by atoms with van der Waals surface area (Å²) in [5, 5.41) is 16.6. The normalized spacial score (nSPS) is 21.0. The third kappa shape index (κ3) is 2.25. The average Bonchev–Trinajstić information content (AvgIpc) is 2.76. The number of hydrogen-bond acceptors (Lipinski definition) is 5. The highest BCUT2D eigenvalue weighted by Gasteiger charge is 2.16. The van der Waals surface area contributed by atoms with E-state index < -0.39 is 0 Å². The predicted octanol–water partition coefficient (Wildman–Crippen LogP) is -1.85. The van der Waals surface area contributed by atoms with Crippen molar-refractivity contribution in [2.24, 2.45) is 0 Å². The van der Waals surface area contributed by atoms with Gasteiger partial charge in [0, 0.05) is 12.6 Å². The molecule has 2 heterocycles. The van der Waals surface area contributed by atoms with E-state index in [9.17, 15) is 4.79 Å². The molecule has 76 valence electrons. The molecule has 0 radical (unpaired) electrons. The van der Waals surface area contributed by atoms with Crippen LogP contribution in [0.1, 0.15) is 6.42 Å². The van der Waals surface area contributed by atoms with Crippen molar-refractivity contribution in [3.63, 3.8) is 0 Å². The molecule has 1 aromatic rings. The minimum Gasteiger partial charge on any atom is -0.350 e. The van der Waals surface area contributed by atoms with Crippen LogP contribution in [-0.2, 0) is 11.3 Å². The number of amides is 1. The van der Waals surface area contributed by atoms with Gasteiger partial charge in [-0.2, -0.15) is 0 Å². The zero-order chi connectivity index (χ0) is 9.80. The Kier molecular flexibility index (Phi) is 2.68. The fraction of sp³-hybridized carbons (Fsp3) is 0.714. The Morgan fingerprint density at radius 2 is 2.64 bits per heavy atom. The van der Waals surface area contributed by atoms with Crippen molar-refractivity contribution in [3.8, 4) is 0 Å². The summed E-state index contributed by atoms with van der Waals surface area (Å²) in [6, 6.07) is 0.249. The van der Waals surface area contributed by atoms with Crippen molar-refractivity contribution in [2.75, 3.05) is 13.1 Å². The Labute approximate surface area is 80.9 Å². The van der Waals surface area contributed by atoms with Gasteiger partial charge in [-0.1, -0.05) is 0 Å². The molecule has 2 N–H and O–H groups in total. The van der Waals surface area contributed by atoms with Gasteiger partial charge in [0.15, 0.2) is 0 Å². The van der Waals surface area contributed by atoms with Crippen LogP contribution in [0, 0.1) is 0 Å². The number of aromatic nitrogens is 4. The summed E-state index contributed by atoms with van der Waals surface area (Å²) >= 11 is 0. The van der Waals surface area contributed by atoms with E-state index in [0.717, 1.165) is 19.5 Å². The highest BCUT2D eigenvalue weighted by Crippen LogP contribution is 1.96. The quantitative estimate of drug-likeness (QED) is 0.593. The van der Waals surface area contributed by atoms with Gasteiger partial charge in [-0.3, -0.25) is 4.79 Å². The first-order valence-electron chi connectivity index (χ1n) is 4.55. The molecule has 1 unspecified atom stereocenters. The molecule has 0 aromatic carbocycles. The van der Waals surface area contributed by atoms with E-state index >= 15 is 0 Å². The summed E-state index contributed by atoms with van der Waals surface area (Å²) in [6.07, 6.45) is 2.41. The molecule has 14 heavy (non-hydrogen) atoms. The number of nitrogens with one attached hydrogen (secondary N) is 2. The lowest BCUT2D eigenvalue weighted by molar-refractivity contribution is -0.122. The van der Waals surface area contributed by atoms with Crippen LogP contribution >= 0.6 is 0 Å². The first kappa shape index (κ1) is 9.07. The van der Waals surface area contributed by atoms with Gasteiger partial charge >= 0.3 is 0 Å². The molecule has 0 aliphatic carbocycles. The molecule has 1 aromatic heterocycles. The standard InChI is InChI=1S/C7H12N6O/c14-7(4-13-5-9-11-12-13)10-6-1-2-8-3-6/h5-6,8H,1-4H2,(H,10,14). The number of carbonyl (C=O) groups is 1. The molecular weight excluding hydrogens is 184 g/mol. The lowest BCUT2D eigenvalue weighted by Crippen LogP contribution is -2.38. The molecule has 1 atom stereocenters. The van der Waals surface area contributed by atoms with Crippen LogP contribution in [0.4, 0.5) is 0 Å². The summed E-state index contributed by atoms with van der Waals surface area (Å²) in [7, 11) is 0. The Hall–Kier alpha value is -1.50. The number of nitrogens with zero attached hydrogens (tertiary/aromatic N) is 4. The van der Waals surface area contributed by atoms with Gasteiger partial charge in [-0.05, 0) is 23.4 Å². The molecule has 1 aliphatic rings. The van der Waals surface area contributed by atoms with E-state index in [2.05, 4.69) is 26.2 Å². The van der Waals surface area contributed by atoms with Crippen molar-refractivity contribution in [3.05, 3.63) is 6.33 Å². The summed E-state index contributed by atoms with van der Waals surface area (Å²) < 4.78 is 1.40. The van der Waals surface area contributed by atoms with Gasteiger partial charge in [0.05, 0.1) is 0 Å². The van der Waals surface area contributed by atoms with E-state index in [1.807, 2.05) is 0 Å². The van der Waals surface area contributed by atoms with Gasteiger partial charge in [0.1, 0.15) is 12.9 Å². The minimum atomic E-state index is -0.0500. The average molecular weight is 196 g/mol. The topological polar surface area (TPSA) is 84.7 Å². The first-order chi connectivity index (χ1) is 6.84. The molecule has 1 saturated heterocycles. The van der Waals surface area contributed by atoms with E-state index in [0.29, 0.717) is 0 Å². The predicted molar refractivity (Wildman–Crippen MR) is 47.2 cm³/mol. The highest BCUT2D eigenvalue weighted by molar-refractivity contribution is 5.75. The Bertz CT molecular complexity index is 291. The number of carbonyl (C=O) groups excluding carboxylic acids is 1. The number of hydrogen-bond donors (Lipinski definition) is 2. The smallest absolute Gasteiger partial charge is 0.242 e. The van der Waals surface area contributed by atoms with Gasteiger partial charge in [-0.25, -0.2) is 4.68 Å². The Morgan fingerprint density at radius 1 is 1.71 bits per heavy atom. The van der Waals surface area contributed by atoms with Gasteiger partial charge in [-0.15, -0.1) is 5.10 Å². The molecule has 0 saturated carbocycles. The zero-order valence-corrected chi connectivity index (χ0v) is 7.68. The van der Waals surface area contributed by atoms with E-state index in [1.54, 1.807) is 0 Å². The third-order valence-electron chi connectivity index (χ3n) is 2.12. The van der Waals surface area contributed by atoms with Crippen molar-refractivity contribution >= 4 is 5.91 Å². The lowest BCUT2D eigenvalue weighted by atomic mass is 10.2. The van der Waals surface area contributed by atoms with E-state index in [1.165, 1.54) is 11.0 Å². The first-order valence-corrected chi connectivity index (χ1v) is 4.55. The molecule has 7 nitrogen and oxygen atoms in total. The lowest BCUT2D eigenvalue weighted by Gasteiger charge is -2.10. The maximum atomic E-state index is 11.4. The second-order valence-electron chi connectivity index (χ2n) is 3.26. The van der Waals surface area contributed by atoms with Crippen LogP contribution in [0.25, 0.3) is 0 Å². The van der Waals surface area contributed by atoms with Crippen LogP contribution in [0.15, 0.2) is 6.33 Å². The molecule has 1 fully saturated rings. The maximum absolute atomic E-state index is 11.4. The summed E-state index contributed by atoms with van der Waals surface area (Å²) in [5.74, 6) is -0.0500. The fourth-order valence-corrected chi connectivity index (χ4v) is 1.45. The molecule has 2 rings (SSSR count). The van der Waals surface area contributed by atoms with E-state index in [-0.39, 0.29) is 18.5 Å². The van der Waals surface area contributed by atoms with Crippen LogP contribution in [0.2, 0.25) is 0 Å². The molecule has 7 heteroatoms. The molecule has 1 aliphatic heterocycles.